The van der Waals surface area contributed by atoms with Gasteiger partial charge in [0.05, 0.1) is 18.7 Å². The molecule has 29 heavy (non-hydrogen) atoms. The minimum absolute atomic E-state index is 0.0752. The Labute approximate surface area is 174 Å². The summed E-state index contributed by atoms with van der Waals surface area (Å²) in [5.41, 5.74) is 2.17. The number of benzene rings is 1. The fraction of sp³-hybridized carbons (Fsp3) is 0.364. The lowest BCUT2D eigenvalue weighted by Crippen LogP contribution is -2.15. The van der Waals surface area contributed by atoms with Crippen molar-refractivity contribution in [3.8, 4) is 29.9 Å². The summed E-state index contributed by atoms with van der Waals surface area (Å²) in [5, 5.41) is 12.2. The molecule has 0 aliphatic rings. The van der Waals surface area contributed by atoms with Gasteiger partial charge in [0, 0.05) is 16.9 Å². The number of hydrogen-bond acceptors (Lipinski definition) is 5. The Kier molecular flexibility index (Phi) is 9.71. The summed E-state index contributed by atoms with van der Waals surface area (Å²) >= 11 is 1.30. The van der Waals surface area contributed by atoms with E-state index in [2.05, 4.69) is 28.1 Å². The van der Waals surface area contributed by atoms with E-state index < -0.39 is 11.8 Å². The first kappa shape index (κ1) is 22.4. The van der Waals surface area contributed by atoms with Crippen LogP contribution >= 0.6 is 11.3 Å². The summed E-state index contributed by atoms with van der Waals surface area (Å²) in [4.78, 5) is 15.5. The lowest BCUT2D eigenvalue weighted by Gasteiger charge is -2.07. The van der Waals surface area contributed by atoms with Crippen LogP contribution in [-0.2, 0) is 6.42 Å². The maximum Gasteiger partial charge on any atom is 0.355 e. The molecule has 0 amide bonds. The molecular weight excluding hydrogens is 391 g/mol. The molecule has 2 rings (SSSR count). The van der Waals surface area contributed by atoms with Gasteiger partial charge in [0.2, 0.25) is 0 Å². The minimum Gasteiger partial charge on any atom is -0.491 e. The summed E-state index contributed by atoms with van der Waals surface area (Å²) in [7, 11) is 0. The zero-order chi connectivity index (χ0) is 20.9. The van der Waals surface area contributed by atoms with Crippen molar-refractivity contribution in [3.05, 3.63) is 45.7 Å². The number of terminal acetylenes is 1. The first-order valence-corrected chi connectivity index (χ1v) is 10.2. The lowest BCUT2D eigenvalue weighted by molar-refractivity contribution is 0.0690. The molecule has 0 saturated carbocycles. The number of thiazole rings is 1. The molecule has 0 aliphatic heterocycles. The highest BCUT2D eigenvalue weighted by Crippen LogP contribution is 2.19. The summed E-state index contributed by atoms with van der Waals surface area (Å²) in [6, 6.07) is 4.62. The van der Waals surface area contributed by atoms with E-state index in [-0.39, 0.29) is 18.1 Å². The number of nitrogens with zero attached hydrogens (tertiary/aromatic N) is 1. The standard InChI is InChI=1S/C22H23FN2O3S/c1-2-3-4-5-12-24-13-6-8-17-10-11-19(18(23)15-17)28-14-7-9-20-21(22(26)27)25-16-29-20/h1,10-11,15-16,24H,3-5,7,9,12-14H2,(H,26,27). The van der Waals surface area contributed by atoms with E-state index in [1.54, 1.807) is 12.1 Å². The SMILES string of the molecule is C#CCCCCNCC#Cc1ccc(OCCCc2scnc2C(=O)O)c(F)c1. The molecule has 0 saturated heterocycles. The Morgan fingerprint density at radius 1 is 1.34 bits per heavy atom. The van der Waals surface area contributed by atoms with Crippen LogP contribution in [0.5, 0.6) is 5.75 Å². The van der Waals surface area contributed by atoms with Gasteiger partial charge in [0.15, 0.2) is 17.3 Å². The number of aromatic nitrogens is 1. The van der Waals surface area contributed by atoms with E-state index in [0.29, 0.717) is 29.8 Å². The second-order valence-electron chi connectivity index (χ2n) is 6.17. The third-order valence-electron chi connectivity index (χ3n) is 3.95. The molecule has 152 valence electrons. The number of aryl methyl sites for hydroxylation is 1. The second kappa shape index (κ2) is 12.6. The molecule has 7 heteroatoms. The Bertz CT molecular complexity index is 909. The normalized spacial score (nSPS) is 10.1. The van der Waals surface area contributed by atoms with Gasteiger partial charge >= 0.3 is 5.97 Å². The van der Waals surface area contributed by atoms with Gasteiger partial charge in [-0.05, 0) is 50.4 Å². The maximum absolute atomic E-state index is 14.2. The predicted octanol–water partition coefficient (Wildman–Crippen LogP) is 3.74. The maximum atomic E-state index is 14.2. The largest absolute Gasteiger partial charge is 0.491 e. The minimum atomic E-state index is -1.04. The van der Waals surface area contributed by atoms with Crippen LogP contribution in [0.25, 0.3) is 0 Å². The van der Waals surface area contributed by atoms with E-state index in [1.165, 1.54) is 22.9 Å². The van der Waals surface area contributed by atoms with E-state index in [9.17, 15) is 9.18 Å². The van der Waals surface area contributed by atoms with Crippen LogP contribution < -0.4 is 10.1 Å². The van der Waals surface area contributed by atoms with Crippen molar-refractivity contribution in [2.75, 3.05) is 19.7 Å². The van der Waals surface area contributed by atoms with Crippen molar-refractivity contribution in [1.82, 2.24) is 10.3 Å². The van der Waals surface area contributed by atoms with E-state index in [0.717, 1.165) is 25.8 Å². The fourth-order valence-electron chi connectivity index (χ4n) is 2.51. The highest BCUT2D eigenvalue weighted by Gasteiger charge is 2.13. The third-order valence-corrected chi connectivity index (χ3v) is 4.84. The Hall–Kier alpha value is -2.87. The summed E-state index contributed by atoms with van der Waals surface area (Å²) in [6.45, 7) is 1.67. The summed E-state index contributed by atoms with van der Waals surface area (Å²) in [5.74, 6) is 7.13. The number of nitrogens with one attached hydrogen (secondary N) is 1. The topological polar surface area (TPSA) is 71.5 Å². The highest BCUT2D eigenvalue weighted by atomic mass is 32.1. The fourth-order valence-corrected chi connectivity index (χ4v) is 3.31. The highest BCUT2D eigenvalue weighted by molar-refractivity contribution is 7.09. The molecule has 5 nitrogen and oxygen atoms in total. The van der Waals surface area contributed by atoms with Crippen molar-refractivity contribution < 1.29 is 19.0 Å². The van der Waals surface area contributed by atoms with Gasteiger partial charge < -0.3 is 15.2 Å². The molecule has 0 radical (unpaired) electrons. The molecule has 0 fully saturated rings. The first-order chi connectivity index (χ1) is 14.1. The number of rotatable bonds is 11. The number of ether oxygens (including phenoxy) is 1. The number of aromatic carboxylic acids is 1. The molecule has 0 atom stereocenters. The molecule has 0 aliphatic carbocycles. The van der Waals surface area contributed by atoms with Gasteiger partial charge in [0.1, 0.15) is 0 Å². The zero-order valence-electron chi connectivity index (χ0n) is 16.0. The van der Waals surface area contributed by atoms with E-state index in [1.807, 2.05) is 0 Å². The van der Waals surface area contributed by atoms with Gasteiger partial charge in [-0.2, -0.15) is 0 Å². The van der Waals surface area contributed by atoms with Gasteiger partial charge in [-0.3, -0.25) is 0 Å². The van der Waals surface area contributed by atoms with Gasteiger partial charge in [-0.15, -0.1) is 23.7 Å². The van der Waals surface area contributed by atoms with Crippen LogP contribution in [0.4, 0.5) is 4.39 Å². The molecule has 0 spiro atoms. The molecular formula is C22H23FN2O3S. The number of unbranched alkanes of at least 4 members (excludes halogenated alkanes) is 2. The molecule has 1 aromatic heterocycles. The van der Waals surface area contributed by atoms with Crippen LogP contribution in [0, 0.1) is 30.0 Å². The van der Waals surface area contributed by atoms with Crippen molar-refractivity contribution in [3.63, 3.8) is 0 Å². The van der Waals surface area contributed by atoms with Crippen molar-refractivity contribution >= 4 is 17.3 Å². The van der Waals surface area contributed by atoms with Crippen LogP contribution in [0.3, 0.4) is 0 Å². The monoisotopic (exact) mass is 414 g/mol. The number of hydrogen-bond donors (Lipinski definition) is 2. The number of carboxylic acid groups (broad SMARTS) is 1. The van der Waals surface area contributed by atoms with Crippen LogP contribution in [0.2, 0.25) is 0 Å². The zero-order valence-corrected chi connectivity index (χ0v) is 16.9. The van der Waals surface area contributed by atoms with Gasteiger partial charge in [0.25, 0.3) is 0 Å². The van der Waals surface area contributed by atoms with E-state index >= 15 is 0 Å². The molecule has 1 heterocycles. The third kappa shape index (κ3) is 7.95. The molecule has 0 bridgehead atoms. The van der Waals surface area contributed by atoms with Gasteiger partial charge in [-0.1, -0.05) is 11.8 Å². The molecule has 2 N–H and O–H groups in total. The Morgan fingerprint density at radius 3 is 2.97 bits per heavy atom. The molecule has 1 aromatic carbocycles. The Morgan fingerprint density at radius 2 is 2.21 bits per heavy atom. The number of halogens is 1. The quantitative estimate of drug-likeness (QED) is 0.433. The number of carbonyl (C=O) groups is 1. The second-order valence-corrected chi connectivity index (χ2v) is 7.11. The predicted molar refractivity (Wildman–Crippen MR) is 112 cm³/mol. The van der Waals surface area contributed by atoms with Crippen molar-refractivity contribution in [2.24, 2.45) is 0 Å². The van der Waals surface area contributed by atoms with Crippen molar-refractivity contribution in [1.29, 1.82) is 0 Å². The first-order valence-electron chi connectivity index (χ1n) is 9.33. The smallest absolute Gasteiger partial charge is 0.355 e. The van der Waals surface area contributed by atoms with Gasteiger partial charge in [-0.25, -0.2) is 14.2 Å². The average molecular weight is 415 g/mol. The van der Waals surface area contributed by atoms with Crippen molar-refractivity contribution in [2.45, 2.75) is 32.1 Å². The van der Waals surface area contributed by atoms with E-state index in [4.69, 9.17) is 16.3 Å². The summed E-state index contributed by atoms with van der Waals surface area (Å²) in [6.07, 6.45) is 9.07. The van der Waals surface area contributed by atoms with Crippen LogP contribution in [0.1, 0.15) is 46.6 Å². The van der Waals surface area contributed by atoms with Crippen LogP contribution in [0.15, 0.2) is 23.7 Å². The number of carboxylic acids is 1. The molecule has 2 aromatic rings. The van der Waals surface area contributed by atoms with Crippen LogP contribution in [-0.4, -0.2) is 35.8 Å². The molecule has 0 unspecified atom stereocenters. The Balaban J connectivity index is 1.72. The average Bonchev–Trinajstić information content (AvgIpc) is 3.17. The summed E-state index contributed by atoms with van der Waals surface area (Å²) < 4.78 is 19.6. The lowest BCUT2D eigenvalue weighted by atomic mass is 10.2.